The fourth-order valence-electron chi connectivity index (χ4n) is 0.884. The van der Waals surface area contributed by atoms with E-state index in [4.69, 9.17) is 9.59 Å². The second-order valence-corrected chi connectivity index (χ2v) is 1.77. The number of hydrogen-bond donors (Lipinski definition) is 0. The van der Waals surface area contributed by atoms with E-state index in [2.05, 4.69) is 13.6 Å². The first-order valence-corrected chi connectivity index (χ1v) is 2.97. The van der Waals surface area contributed by atoms with Crippen molar-refractivity contribution in [3.63, 3.8) is 0 Å². The molecule has 3 heteroatoms. The second kappa shape index (κ2) is 32.8. The van der Waals surface area contributed by atoms with Crippen molar-refractivity contribution in [1.29, 1.82) is 0 Å². The summed E-state index contributed by atoms with van der Waals surface area (Å²) < 4.78 is 0. The summed E-state index contributed by atoms with van der Waals surface area (Å²) in [7, 11) is 0. The molecule has 2 nitrogen and oxygen atoms in total. The van der Waals surface area contributed by atoms with Crippen LogP contribution in [0.1, 0.15) is 32.1 Å². The van der Waals surface area contributed by atoms with Gasteiger partial charge in [-0.3, -0.25) is 13.6 Å². The molecule has 0 radical (unpaired) electrons. The first-order valence-electron chi connectivity index (χ1n) is 2.97. The van der Waals surface area contributed by atoms with Crippen LogP contribution < -0.4 is 0 Å². The second-order valence-electron chi connectivity index (χ2n) is 1.77. The zero-order valence-electron chi connectivity index (χ0n) is 6.84. The van der Waals surface area contributed by atoms with Crippen molar-refractivity contribution in [3.05, 3.63) is 7.43 Å². The summed E-state index contributed by atoms with van der Waals surface area (Å²) in [6, 6.07) is 0. The molecule has 0 saturated heterocycles. The van der Waals surface area contributed by atoms with Crippen LogP contribution in [-0.4, -0.2) is 13.6 Å². The van der Waals surface area contributed by atoms with Gasteiger partial charge >= 0.3 is 16.8 Å². The monoisotopic (exact) mass is 202 g/mol. The van der Waals surface area contributed by atoms with Crippen molar-refractivity contribution < 1.29 is 26.4 Å². The van der Waals surface area contributed by atoms with Crippen LogP contribution in [-0.2, 0) is 26.4 Å². The van der Waals surface area contributed by atoms with Gasteiger partial charge in [0.25, 0.3) is 0 Å². The SMILES string of the molecule is C1CCCC1.[CH-]=O.[CH-]=O.[CH3-].[Co+3]. The molecule has 1 aliphatic rings. The smallest absolute Gasteiger partial charge is 0.545 e. The average Bonchev–Trinajstić information content (AvgIpc) is 2.51. The minimum atomic E-state index is 0. The molecule has 11 heavy (non-hydrogen) atoms. The molecule has 1 fully saturated rings. The molecule has 0 bridgehead atoms. The zero-order valence-corrected chi connectivity index (χ0v) is 7.88. The summed E-state index contributed by atoms with van der Waals surface area (Å²) in [6.45, 7) is 6.50. The van der Waals surface area contributed by atoms with Crippen LogP contribution in [0.25, 0.3) is 0 Å². The molecule has 0 aliphatic heterocycles. The molecular weight excluding hydrogens is 187 g/mol. The van der Waals surface area contributed by atoms with Gasteiger partial charge < -0.3 is 17.0 Å². The zero-order chi connectivity index (χ0) is 7.54. The third-order valence-electron chi connectivity index (χ3n) is 1.25. The Morgan fingerprint density at radius 3 is 0.818 bits per heavy atom. The summed E-state index contributed by atoms with van der Waals surface area (Å²) in [4.78, 5) is 15.5. The number of rotatable bonds is 0. The number of carbonyl (C=O) groups excluding carboxylic acids is 2. The van der Waals surface area contributed by atoms with E-state index < -0.39 is 0 Å². The van der Waals surface area contributed by atoms with Crippen molar-refractivity contribution in [2.45, 2.75) is 32.1 Å². The molecule has 0 amide bonds. The summed E-state index contributed by atoms with van der Waals surface area (Å²) in [6.07, 6.45) is 7.50. The van der Waals surface area contributed by atoms with Crippen molar-refractivity contribution in [2.24, 2.45) is 0 Å². The molecule has 0 spiro atoms. The van der Waals surface area contributed by atoms with E-state index in [1.807, 2.05) is 0 Å². The fourth-order valence-corrected chi connectivity index (χ4v) is 0.884. The Balaban J connectivity index is -0.0000000369. The van der Waals surface area contributed by atoms with Gasteiger partial charge in [0.15, 0.2) is 0 Å². The molecule has 0 heterocycles. The Labute approximate surface area is 79.9 Å². The van der Waals surface area contributed by atoms with E-state index in [0.29, 0.717) is 0 Å². The third kappa shape index (κ3) is 25.8. The van der Waals surface area contributed by atoms with Gasteiger partial charge in [0, 0.05) is 0 Å². The van der Waals surface area contributed by atoms with Crippen molar-refractivity contribution in [1.82, 2.24) is 0 Å². The van der Waals surface area contributed by atoms with Crippen LogP contribution in [0.3, 0.4) is 0 Å². The molecular formula is C8H15CoO2. The van der Waals surface area contributed by atoms with E-state index in [0.717, 1.165) is 0 Å². The van der Waals surface area contributed by atoms with Crippen LogP contribution in [0.2, 0.25) is 0 Å². The van der Waals surface area contributed by atoms with Crippen LogP contribution >= 0.6 is 0 Å². The van der Waals surface area contributed by atoms with Gasteiger partial charge in [0.05, 0.1) is 0 Å². The van der Waals surface area contributed by atoms with Gasteiger partial charge in [0.1, 0.15) is 0 Å². The summed E-state index contributed by atoms with van der Waals surface area (Å²) in [5, 5.41) is 0. The predicted molar refractivity (Wildman–Crippen MR) is 43.0 cm³/mol. The summed E-state index contributed by atoms with van der Waals surface area (Å²) in [5.74, 6) is 0. The van der Waals surface area contributed by atoms with Crippen molar-refractivity contribution >= 4 is 13.6 Å². The minimum Gasteiger partial charge on any atom is -0.545 e. The summed E-state index contributed by atoms with van der Waals surface area (Å²) in [5.41, 5.74) is 0. The Morgan fingerprint density at radius 1 is 0.636 bits per heavy atom. The van der Waals surface area contributed by atoms with Gasteiger partial charge in [-0.25, -0.2) is 0 Å². The normalized spacial score (nSPS) is 11.6. The Bertz CT molecular complexity index is 37.7. The minimum absolute atomic E-state index is 0. The molecule has 1 saturated carbocycles. The average molecular weight is 202 g/mol. The molecule has 68 valence electrons. The first kappa shape index (κ1) is 22.4. The maximum Gasteiger partial charge on any atom is 3.00 e. The topological polar surface area (TPSA) is 34.1 Å². The van der Waals surface area contributed by atoms with E-state index in [9.17, 15) is 0 Å². The van der Waals surface area contributed by atoms with Crippen LogP contribution in [0.15, 0.2) is 0 Å². The van der Waals surface area contributed by atoms with Crippen LogP contribution in [0.4, 0.5) is 0 Å². The van der Waals surface area contributed by atoms with E-state index in [-0.39, 0.29) is 24.2 Å². The van der Waals surface area contributed by atoms with Gasteiger partial charge in [0.2, 0.25) is 0 Å². The van der Waals surface area contributed by atoms with Gasteiger partial charge in [-0.1, -0.05) is 32.1 Å². The standard InChI is InChI=1S/C5H10.2CHO.CH3.Co/c1-2-4-5-3-1;2*1-2;;/h1-5H2;2*1H;1H3;/q;3*-1;+3. The Morgan fingerprint density at radius 2 is 0.727 bits per heavy atom. The van der Waals surface area contributed by atoms with Crippen LogP contribution in [0, 0.1) is 7.43 Å². The maximum atomic E-state index is 7.75. The van der Waals surface area contributed by atoms with E-state index in [1.54, 1.807) is 0 Å². The summed E-state index contributed by atoms with van der Waals surface area (Å²) >= 11 is 0. The molecule has 0 N–H and O–H groups in total. The quantitative estimate of drug-likeness (QED) is 0.443. The van der Waals surface area contributed by atoms with Crippen LogP contribution in [0.5, 0.6) is 0 Å². The van der Waals surface area contributed by atoms with E-state index in [1.165, 1.54) is 32.1 Å². The largest absolute Gasteiger partial charge is 3.00 e. The predicted octanol–water partition coefficient (Wildman–Crippen LogP) is 1.85. The number of hydrogen-bond acceptors (Lipinski definition) is 2. The molecule has 0 unspecified atom stereocenters. The van der Waals surface area contributed by atoms with Gasteiger partial charge in [-0.15, -0.1) is 0 Å². The maximum absolute atomic E-state index is 7.75. The van der Waals surface area contributed by atoms with Gasteiger partial charge in [-0.05, 0) is 0 Å². The first-order chi connectivity index (χ1) is 4.50. The molecule has 0 aromatic heterocycles. The molecule has 0 aromatic carbocycles. The molecule has 1 aliphatic carbocycles. The van der Waals surface area contributed by atoms with Gasteiger partial charge in [-0.2, -0.15) is 0 Å². The third-order valence-corrected chi connectivity index (χ3v) is 1.25. The molecule has 0 atom stereocenters. The Kier molecular flexibility index (Phi) is 66.9. The van der Waals surface area contributed by atoms with Crippen molar-refractivity contribution in [3.8, 4) is 0 Å². The fraction of sp³-hybridized carbons (Fsp3) is 0.625. The van der Waals surface area contributed by atoms with Crippen molar-refractivity contribution in [2.75, 3.05) is 0 Å². The van der Waals surface area contributed by atoms with E-state index >= 15 is 0 Å². The molecule has 1 rings (SSSR count). The Hall–Kier alpha value is -0.154. The molecule has 0 aromatic rings.